The molecule has 0 saturated heterocycles. The minimum Gasteiger partial charge on any atom is -0.329 e. The Hall–Kier alpha value is -2.53. The van der Waals surface area contributed by atoms with Gasteiger partial charge in [-0.2, -0.15) is 0 Å². The van der Waals surface area contributed by atoms with Gasteiger partial charge in [-0.25, -0.2) is 4.98 Å². The highest BCUT2D eigenvalue weighted by molar-refractivity contribution is 7.13. The monoisotopic (exact) mass is 281 g/mol. The Balaban J connectivity index is 1.94. The predicted molar refractivity (Wildman–Crippen MR) is 80.5 cm³/mol. The maximum absolute atomic E-state index is 10.5. The van der Waals surface area contributed by atoms with Crippen LogP contribution in [0.4, 0.5) is 5.69 Å². The fraction of sp³-hybridized carbons (Fsp3) is 0. The summed E-state index contributed by atoms with van der Waals surface area (Å²) < 4.78 is 0. The van der Waals surface area contributed by atoms with Crippen molar-refractivity contribution in [2.45, 2.75) is 0 Å². The maximum Gasteiger partial charge on any atom is 0.211 e. The maximum atomic E-state index is 10.5. The second-order valence-corrected chi connectivity index (χ2v) is 4.97. The summed E-state index contributed by atoms with van der Waals surface area (Å²) in [5.41, 5.74) is 3.73. The van der Waals surface area contributed by atoms with Gasteiger partial charge in [0.15, 0.2) is 0 Å². The van der Waals surface area contributed by atoms with Gasteiger partial charge in [-0.15, -0.1) is 11.3 Å². The molecule has 0 aliphatic heterocycles. The summed E-state index contributed by atoms with van der Waals surface area (Å²) in [6.45, 7) is 0. The molecule has 20 heavy (non-hydrogen) atoms. The van der Waals surface area contributed by atoms with Gasteiger partial charge in [0.25, 0.3) is 0 Å². The van der Waals surface area contributed by atoms with Crippen LogP contribution in [0.2, 0.25) is 0 Å². The van der Waals surface area contributed by atoms with Crippen molar-refractivity contribution >= 4 is 23.4 Å². The third-order valence-corrected chi connectivity index (χ3v) is 3.71. The van der Waals surface area contributed by atoms with E-state index in [2.05, 4.69) is 15.3 Å². The number of pyridine rings is 1. The SMILES string of the molecule is O=CNc1cccc(-c2nc(-c3ccncc3)cs2)c1. The van der Waals surface area contributed by atoms with Gasteiger partial charge < -0.3 is 5.32 Å². The van der Waals surface area contributed by atoms with Crippen molar-refractivity contribution in [3.63, 3.8) is 0 Å². The number of hydrogen-bond acceptors (Lipinski definition) is 4. The van der Waals surface area contributed by atoms with E-state index in [1.165, 1.54) is 0 Å². The topological polar surface area (TPSA) is 54.9 Å². The normalized spacial score (nSPS) is 10.2. The molecular weight excluding hydrogens is 270 g/mol. The first-order valence-electron chi connectivity index (χ1n) is 6.03. The third kappa shape index (κ3) is 2.57. The molecule has 0 unspecified atom stereocenters. The molecule has 3 rings (SSSR count). The molecule has 0 bridgehead atoms. The predicted octanol–water partition coefficient (Wildman–Crippen LogP) is 3.44. The molecule has 1 amide bonds. The lowest BCUT2D eigenvalue weighted by Gasteiger charge is -2.01. The van der Waals surface area contributed by atoms with Gasteiger partial charge in [0, 0.05) is 34.6 Å². The fourth-order valence-electron chi connectivity index (χ4n) is 1.87. The Kier molecular flexibility index (Phi) is 3.52. The number of nitrogens with zero attached hydrogens (tertiary/aromatic N) is 2. The first kappa shape index (κ1) is 12.5. The molecule has 0 radical (unpaired) electrons. The molecule has 0 aliphatic rings. The fourth-order valence-corrected chi connectivity index (χ4v) is 2.70. The number of carbonyl (C=O) groups excluding carboxylic acids is 1. The van der Waals surface area contributed by atoms with Crippen LogP contribution in [0.1, 0.15) is 0 Å². The van der Waals surface area contributed by atoms with Crippen LogP contribution in [-0.2, 0) is 4.79 Å². The Labute approximate surface area is 120 Å². The molecule has 98 valence electrons. The summed E-state index contributed by atoms with van der Waals surface area (Å²) in [6.07, 6.45) is 4.18. The second kappa shape index (κ2) is 5.63. The van der Waals surface area contributed by atoms with Crippen LogP contribution in [0.25, 0.3) is 21.8 Å². The van der Waals surface area contributed by atoms with Crippen LogP contribution in [-0.4, -0.2) is 16.4 Å². The Morgan fingerprint density at radius 1 is 1.10 bits per heavy atom. The number of benzene rings is 1. The molecule has 3 aromatic rings. The van der Waals surface area contributed by atoms with Gasteiger partial charge in [-0.05, 0) is 24.3 Å². The van der Waals surface area contributed by atoms with E-state index < -0.39 is 0 Å². The van der Waals surface area contributed by atoms with Crippen molar-refractivity contribution < 1.29 is 4.79 Å². The van der Waals surface area contributed by atoms with E-state index in [0.29, 0.717) is 6.41 Å². The highest BCUT2D eigenvalue weighted by Crippen LogP contribution is 2.29. The Morgan fingerprint density at radius 2 is 1.95 bits per heavy atom. The molecule has 0 spiro atoms. The van der Waals surface area contributed by atoms with Gasteiger partial charge >= 0.3 is 0 Å². The standard InChI is InChI=1S/C15H11N3OS/c19-10-17-13-3-1-2-12(8-13)15-18-14(9-20-15)11-4-6-16-7-5-11/h1-10H,(H,17,19). The van der Waals surface area contributed by atoms with Crippen LogP contribution in [0.3, 0.4) is 0 Å². The van der Waals surface area contributed by atoms with Gasteiger partial charge in [0.1, 0.15) is 5.01 Å². The van der Waals surface area contributed by atoms with Crippen molar-refractivity contribution in [1.29, 1.82) is 0 Å². The number of thiazole rings is 1. The van der Waals surface area contributed by atoms with E-state index >= 15 is 0 Å². The summed E-state index contributed by atoms with van der Waals surface area (Å²) in [5, 5.41) is 5.59. The largest absolute Gasteiger partial charge is 0.329 e. The molecule has 0 aliphatic carbocycles. The molecule has 5 heteroatoms. The first-order valence-corrected chi connectivity index (χ1v) is 6.91. The number of amides is 1. The van der Waals surface area contributed by atoms with E-state index in [1.54, 1.807) is 23.7 Å². The van der Waals surface area contributed by atoms with Crippen LogP contribution >= 0.6 is 11.3 Å². The van der Waals surface area contributed by atoms with E-state index in [1.807, 2.05) is 41.8 Å². The van der Waals surface area contributed by atoms with Crippen LogP contribution in [0, 0.1) is 0 Å². The summed E-state index contributed by atoms with van der Waals surface area (Å²) in [7, 11) is 0. The average molecular weight is 281 g/mol. The number of rotatable bonds is 4. The number of nitrogens with one attached hydrogen (secondary N) is 1. The third-order valence-electron chi connectivity index (χ3n) is 2.82. The first-order chi connectivity index (χ1) is 9.86. The van der Waals surface area contributed by atoms with Crippen molar-refractivity contribution in [2.75, 3.05) is 5.32 Å². The average Bonchev–Trinajstić information content (AvgIpc) is 2.99. The minimum absolute atomic E-state index is 0.670. The molecule has 4 nitrogen and oxygen atoms in total. The van der Waals surface area contributed by atoms with Crippen molar-refractivity contribution in [3.8, 4) is 21.8 Å². The quantitative estimate of drug-likeness (QED) is 0.745. The number of carbonyl (C=O) groups is 1. The van der Waals surface area contributed by atoms with Gasteiger partial charge in [0.2, 0.25) is 6.41 Å². The van der Waals surface area contributed by atoms with Gasteiger partial charge in [0.05, 0.1) is 5.69 Å². The highest BCUT2D eigenvalue weighted by Gasteiger charge is 2.07. The van der Waals surface area contributed by atoms with Crippen LogP contribution < -0.4 is 5.32 Å². The zero-order valence-corrected chi connectivity index (χ0v) is 11.3. The second-order valence-electron chi connectivity index (χ2n) is 4.12. The lowest BCUT2D eigenvalue weighted by Crippen LogP contribution is -1.93. The summed E-state index contributed by atoms with van der Waals surface area (Å²) >= 11 is 1.58. The molecular formula is C15H11N3OS. The van der Waals surface area contributed by atoms with Crippen molar-refractivity contribution in [1.82, 2.24) is 9.97 Å². The molecule has 2 aromatic heterocycles. The molecule has 0 fully saturated rings. The smallest absolute Gasteiger partial charge is 0.211 e. The number of anilines is 1. The lowest BCUT2D eigenvalue weighted by molar-refractivity contribution is -0.105. The zero-order valence-electron chi connectivity index (χ0n) is 10.5. The summed E-state index contributed by atoms with van der Waals surface area (Å²) in [5.74, 6) is 0. The number of hydrogen-bond donors (Lipinski definition) is 1. The zero-order chi connectivity index (χ0) is 13.8. The van der Waals surface area contributed by atoms with E-state index in [0.717, 1.165) is 27.5 Å². The van der Waals surface area contributed by atoms with E-state index in [-0.39, 0.29) is 0 Å². The summed E-state index contributed by atoms with van der Waals surface area (Å²) in [4.78, 5) is 19.1. The van der Waals surface area contributed by atoms with Crippen molar-refractivity contribution in [3.05, 3.63) is 54.2 Å². The molecule has 0 atom stereocenters. The minimum atomic E-state index is 0.670. The lowest BCUT2D eigenvalue weighted by atomic mass is 10.2. The van der Waals surface area contributed by atoms with Crippen LogP contribution in [0.15, 0.2) is 54.2 Å². The Morgan fingerprint density at radius 3 is 2.75 bits per heavy atom. The number of aromatic nitrogens is 2. The molecule has 0 saturated carbocycles. The van der Waals surface area contributed by atoms with Crippen molar-refractivity contribution in [2.24, 2.45) is 0 Å². The van der Waals surface area contributed by atoms with E-state index in [9.17, 15) is 4.79 Å². The van der Waals surface area contributed by atoms with Gasteiger partial charge in [-0.1, -0.05) is 12.1 Å². The Bertz CT molecular complexity index is 725. The molecule has 2 heterocycles. The highest BCUT2D eigenvalue weighted by atomic mass is 32.1. The summed E-state index contributed by atoms with van der Waals surface area (Å²) in [6, 6.07) is 11.5. The van der Waals surface area contributed by atoms with Crippen LogP contribution in [0.5, 0.6) is 0 Å². The molecule has 1 N–H and O–H groups in total. The van der Waals surface area contributed by atoms with Gasteiger partial charge in [-0.3, -0.25) is 9.78 Å². The molecule has 1 aromatic carbocycles. The van der Waals surface area contributed by atoms with E-state index in [4.69, 9.17) is 0 Å².